The molecule has 2 heterocycles. The van der Waals surface area contributed by atoms with E-state index in [4.69, 9.17) is 4.84 Å². The van der Waals surface area contributed by atoms with Gasteiger partial charge < -0.3 is 4.84 Å². The van der Waals surface area contributed by atoms with Gasteiger partial charge in [-0.05, 0) is 19.4 Å². The Labute approximate surface area is 121 Å². The van der Waals surface area contributed by atoms with Gasteiger partial charge in [-0.15, -0.1) is 11.3 Å². The summed E-state index contributed by atoms with van der Waals surface area (Å²) in [6.45, 7) is 4.52. The van der Waals surface area contributed by atoms with Crippen LogP contribution >= 0.6 is 11.3 Å². The number of oxime groups is 1. The van der Waals surface area contributed by atoms with Gasteiger partial charge in [0, 0.05) is 11.1 Å². The average molecular weight is 285 g/mol. The molecule has 0 radical (unpaired) electrons. The number of thiazole rings is 1. The van der Waals surface area contributed by atoms with Crippen molar-refractivity contribution in [2.24, 2.45) is 5.16 Å². The van der Waals surface area contributed by atoms with E-state index in [-0.39, 0.29) is 0 Å². The lowest BCUT2D eigenvalue weighted by Crippen LogP contribution is -1.92. The van der Waals surface area contributed by atoms with Crippen molar-refractivity contribution in [1.82, 2.24) is 9.38 Å². The molecule has 1 aromatic carbocycles. The molecular formula is C15H15N3OS. The van der Waals surface area contributed by atoms with Crippen molar-refractivity contribution in [3.05, 3.63) is 58.4 Å². The molecule has 20 heavy (non-hydrogen) atoms. The third-order valence-corrected chi connectivity index (χ3v) is 3.88. The van der Waals surface area contributed by atoms with E-state index in [1.165, 1.54) is 4.88 Å². The molecule has 3 aromatic rings. The standard InChI is InChI=1S/C15H15N3OS/c1-11-9-18-14(12(2)17-15(18)20-11)8-16-19-10-13-6-4-3-5-7-13/h3-9H,10H2,1-2H3. The minimum atomic E-state index is 0.473. The van der Waals surface area contributed by atoms with Crippen molar-refractivity contribution in [3.63, 3.8) is 0 Å². The fraction of sp³-hybridized carbons (Fsp3) is 0.200. The van der Waals surface area contributed by atoms with Gasteiger partial charge in [-0.2, -0.15) is 0 Å². The van der Waals surface area contributed by atoms with Crippen LogP contribution in [0.3, 0.4) is 0 Å². The summed E-state index contributed by atoms with van der Waals surface area (Å²) in [5.74, 6) is 0. The van der Waals surface area contributed by atoms with Gasteiger partial charge in [0.15, 0.2) is 4.96 Å². The van der Waals surface area contributed by atoms with E-state index in [9.17, 15) is 0 Å². The molecule has 0 N–H and O–H groups in total. The molecule has 0 aliphatic heterocycles. The predicted molar refractivity (Wildman–Crippen MR) is 81.4 cm³/mol. The molecular weight excluding hydrogens is 270 g/mol. The lowest BCUT2D eigenvalue weighted by Gasteiger charge is -1.98. The number of rotatable bonds is 4. The zero-order valence-electron chi connectivity index (χ0n) is 11.4. The summed E-state index contributed by atoms with van der Waals surface area (Å²) in [7, 11) is 0. The third-order valence-electron chi connectivity index (χ3n) is 2.99. The van der Waals surface area contributed by atoms with Crippen molar-refractivity contribution >= 4 is 22.5 Å². The second kappa shape index (κ2) is 5.46. The van der Waals surface area contributed by atoms with Crippen LogP contribution in [-0.4, -0.2) is 15.6 Å². The van der Waals surface area contributed by atoms with Crippen LogP contribution in [0, 0.1) is 13.8 Å². The first-order chi connectivity index (χ1) is 9.74. The maximum absolute atomic E-state index is 5.34. The number of imidazole rings is 1. The summed E-state index contributed by atoms with van der Waals surface area (Å²) in [5.41, 5.74) is 3.03. The Bertz CT molecular complexity index is 743. The number of hydrogen-bond acceptors (Lipinski definition) is 4. The molecule has 2 aromatic heterocycles. The van der Waals surface area contributed by atoms with Crippen LogP contribution in [0.25, 0.3) is 4.96 Å². The quantitative estimate of drug-likeness (QED) is 0.543. The first-order valence-corrected chi connectivity index (χ1v) is 7.20. The van der Waals surface area contributed by atoms with Crippen molar-refractivity contribution in [2.75, 3.05) is 0 Å². The van der Waals surface area contributed by atoms with E-state index >= 15 is 0 Å². The van der Waals surface area contributed by atoms with E-state index < -0.39 is 0 Å². The molecule has 0 aliphatic rings. The summed E-state index contributed by atoms with van der Waals surface area (Å²) >= 11 is 1.67. The van der Waals surface area contributed by atoms with Gasteiger partial charge in [-0.1, -0.05) is 35.5 Å². The van der Waals surface area contributed by atoms with E-state index in [0.717, 1.165) is 21.9 Å². The van der Waals surface area contributed by atoms with Crippen LogP contribution in [0.1, 0.15) is 21.8 Å². The second-order valence-electron chi connectivity index (χ2n) is 4.57. The minimum absolute atomic E-state index is 0.473. The van der Waals surface area contributed by atoms with Gasteiger partial charge >= 0.3 is 0 Å². The summed E-state index contributed by atoms with van der Waals surface area (Å²) in [5, 5.41) is 4.05. The summed E-state index contributed by atoms with van der Waals surface area (Å²) in [6.07, 6.45) is 3.79. The monoisotopic (exact) mass is 285 g/mol. The lowest BCUT2D eigenvalue weighted by molar-refractivity contribution is 0.132. The molecule has 0 bridgehead atoms. The molecule has 102 valence electrons. The fourth-order valence-corrected chi connectivity index (χ4v) is 2.89. The van der Waals surface area contributed by atoms with Gasteiger partial charge in [0.2, 0.25) is 0 Å². The van der Waals surface area contributed by atoms with E-state index in [1.54, 1.807) is 17.6 Å². The number of aromatic nitrogens is 2. The first-order valence-electron chi connectivity index (χ1n) is 6.38. The van der Waals surface area contributed by atoms with E-state index in [2.05, 4.69) is 23.3 Å². The summed E-state index contributed by atoms with van der Waals surface area (Å²) in [4.78, 5) is 12.1. The highest BCUT2D eigenvalue weighted by Gasteiger charge is 2.08. The predicted octanol–water partition coefficient (Wildman–Crippen LogP) is 3.56. The first kappa shape index (κ1) is 12.9. The highest BCUT2D eigenvalue weighted by atomic mass is 32.1. The molecule has 0 spiro atoms. The Balaban J connectivity index is 1.72. The minimum Gasteiger partial charge on any atom is -0.391 e. The summed E-state index contributed by atoms with van der Waals surface area (Å²) < 4.78 is 2.05. The number of nitrogens with zero attached hydrogens (tertiary/aromatic N) is 3. The Morgan fingerprint density at radius 1 is 1.30 bits per heavy atom. The topological polar surface area (TPSA) is 38.9 Å². The number of benzene rings is 1. The molecule has 0 saturated heterocycles. The third kappa shape index (κ3) is 2.58. The Kier molecular flexibility index (Phi) is 3.52. The average Bonchev–Trinajstić information content (AvgIpc) is 2.92. The van der Waals surface area contributed by atoms with Gasteiger partial charge in [0.1, 0.15) is 6.61 Å². The van der Waals surface area contributed by atoms with Gasteiger partial charge in [0.25, 0.3) is 0 Å². The van der Waals surface area contributed by atoms with Crippen molar-refractivity contribution in [2.45, 2.75) is 20.5 Å². The Hall–Kier alpha value is -2.14. The summed E-state index contributed by atoms with van der Waals surface area (Å²) in [6, 6.07) is 9.99. The molecule has 0 atom stereocenters. The molecule has 0 amide bonds. The molecule has 0 fully saturated rings. The van der Waals surface area contributed by atoms with Crippen molar-refractivity contribution in [3.8, 4) is 0 Å². The molecule has 0 saturated carbocycles. The maximum Gasteiger partial charge on any atom is 0.194 e. The van der Waals surface area contributed by atoms with Gasteiger partial charge in [-0.25, -0.2) is 4.98 Å². The maximum atomic E-state index is 5.34. The Morgan fingerprint density at radius 3 is 2.90 bits per heavy atom. The van der Waals surface area contributed by atoms with Crippen molar-refractivity contribution < 1.29 is 4.84 Å². The smallest absolute Gasteiger partial charge is 0.194 e. The molecule has 0 unspecified atom stereocenters. The lowest BCUT2D eigenvalue weighted by atomic mass is 10.2. The zero-order valence-corrected chi connectivity index (χ0v) is 12.2. The van der Waals surface area contributed by atoms with Crippen LogP contribution in [0.4, 0.5) is 0 Å². The fourth-order valence-electron chi connectivity index (χ4n) is 2.01. The highest BCUT2D eigenvalue weighted by molar-refractivity contribution is 7.17. The largest absolute Gasteiger partial charge is 0.391 e. The SMILES string of the molecule is Cc1cn2c(C=NOCc3ccccc3)c(C)nc2s1. The molecule has 5 heteroatoms. The normalized spacial score (nSPS) is 11.5. The van der Waals surface area contributed by atoms with Crippen LogP contribution < -0.4 is 0 Å². The van der Waals surface area contributed by atoms with Crippen LogP contribution in [0.15, 0.2) is 41.7 Å². The number of aryl methyl sites for hydroxylation is 2. The van der Waals surface area contributed by atoms with Crippen molar-refractivity contribution in [1.29, 1.82) is 0 Å². The van der Waals surface area contributed by atoms with Crippen LogP contribution in [0.2, 0.25) is 0 Å². The highest BCUT2D eigenvalue weighted by Crippen LogP contribution is 2.19. The van der Waals surface area contributed by atoms with E-state index in [0.29, 0.717) is 6.61 Å². The molecule has 0 aliphatic carbocycles. The Morgan fingerprint density at radius 2 is 2.10 bits per heavy atom. The van der Waals surface area contributed by atoms with Crippen LogP contribution in [-0.2, 0) is 11.4 Å². The number of hydrogen-bond donors (Lipinski definition) is 0. The van der Waals surface area contributed by atoms with E-state index in [1.807, 2.05) is 41.7 Å². The second-order valence-corrected chi connectivity index (χ2v) is 5.78. The molecule has 3 rings (SSSR count). The van der Waals surface area contributed by atoms with Gasteiger partial charge in [-0.3, -0.25) is 4.40 Å². The number of fused-ring (bicyclic) bond motifs is 1. The molecule has 4 nitrogen and oxygen atoms in total. The zero-order chi connectivity index (χ0) is 13.9. The van der Waals surface area contributed by atoms with Crippen LogP contribution in [0.5, 0.6) is 0 Å². The van der Waals surface area contributed by atoms with Gasteiger partial charge in [0.05, 0.1) is 17.6 Å².